The van der Waals surface area contributed by atoms with Crippen molar-refractivity contribution in [3.05, 3.63) is 89.7 Å². The summed E-state index contributed by atoms with van der Waals surface area (Å²) in [4.78, 5) is 17.3. The molecule has 0 unspecified atom stereocenters. The average Bonchev–Trinajstić information content (AvgIpc) is 3.20. The molecule has 6 nitrogen and oxygen atoms in total. The first-order chi connectivity index (χ1) is 14.1. The van der Waals surface area contributed by atoms with E-state index in [-0.39, 0.29) is 5.82 Å². The molecule has 1 N–H and O–H groups in total. The summed E-state index contributed by atoms with van der Waals surface area (Å²) in [5.41, 5.74) is 2.14. The highest BCUT2D eigenvalue weighted by molar-refractivity contribution is 6.30. The van der Waals surface area contributed by atoms with E-state index in [1.807, 2.05) is 42.5 Å². The number of nitrogens with zero attached hydrogens (tertiary/aromatic N) is 3. The molecule has 0 aliphatic rings. The molecule has 1 amide bonds. The molecular weight excluding hydrogens is 388 g/mol. The normalized spacial score (nSPS) is 10.6. The second-order valence-electron chi connectivity index (χ2n) is 6.20. The number of nitrogens with one attached hydrogen (secondary N) is 1. The third kappa shape index (κ3) is 4.12. The van der Waals surface area contributed by atoms with Gasteiger partial charge in [0, 0.05) is 22.3 Å². The van der Waals surface area contributed by atoms with E-state index in [9.17, 15) is 4.79 Å². The van der Waals surface area contributed by atoms with Gasteiger partial charge >= 0.3 is 0 Å². The first kappa shape index (κ1) is 18.7. The van der Waals surface area contributed by atoms with E-state index >= 15 is 0 Å². The molecular formula is C22H17ClN4O2. The number of hydrogen-bond acceptors (Lipinski definition) is 4. The molecule has 0 aliphatic heterocycles. The molecule has 1 heterocycles. The van der Waals surface area contributed by atoms with Gasteiger partial charge < -0.3 is 10.1 Å². The Morgan fingerprint density at radius 1 is 1.00 bits per heavy atom. The molecule has 4 rings (SSSR count). The number of ether oxygens (including phenoxy) is 1. The Labute approximate surface area is 172 Å². The highest BCUT2D eigenvalue weighted by Crippen LogP contribution is 2.23. The number of halogens is 1. The van der Waals surface area contributed by atoms with Crippen LogP contribution >= 0.6 is 11.6 Å². The van der Waals surface area contributed by atoms with Gasteiger partial charge in [0.05, 0.1) is 12.8 Å². The van der Waals surface area contributed by atoms with E-state index in [1.165, 1.54) is 0 Å². The summed E-state index contributed by atoms with van der Waals surface area (Å²) in [7, 11) is 1.57. The van der Waals surface area contributed by atoms with Crippen molar-refractivity contribution in [2.24, 2.45) is 0 Å². The SMILES string of the molecule is COc1cccc(NC(=O)c2nc(-c3ccccc3)n(-c3cccc(Cl)c3)n2)c1. The number of anilines is 1. The summed E-state index contributed by atoms with van der Waals surface area (Å²) in [6, 6.07) is 23.9. The molecule has 0 radical (unpaired) electrons. The highest BCUT2D eigenvalue weighted by atomic mass is 35.5. The standard InChI is InChI=1S/C22H17ClN4O2/c1-29-19-12-6-10-17(14-19)24-22(28)20-25-21(15-7-3-2-4-8-15)27(26-20)18-11-5-9-16(23)13-18/h2-14H,1H3,(H,24,28). The zero-order chi connectivity index (χ0) is 20.2. The van der Waals surface area contributed by atoms with Crippen LogP contribution in [0.25, 0.3) is 17.1 Å². The third-order valence-corrected chi connectivity index (χ3v) is 4.46. The van der Waals surface area contributed by atoms with Crippen molar-refractivity contribution in [1.82, 2.24) is 14.8 Å². The number of hydrogen-bond donors (Lipinski definition) is 1. The average molecular weight is 405 g/mol. The molecule has 0 atom stereocenters. The third-order valence-electron chi connectivity index (χ3n) is 4.22. The van der Waals surface area contributed by atoms with Gasteiger partial charge in [0.1, 0.15) is 5.75 Å². The predicted molar refractivity (Wildman–Crippen MR) is 113 cm³/mol. The summed E-state index contributed by atoms with van der Waals surface area (Å²) >= 11 is 6.15. The lowest BCUT2D eigenvalue weighted by Gasteiger charge is -2.06. The second kappa shape index (κ2) is 8.16. The van der Waals surface area contributed by atoms with Crippen molar-refractivity contribution >= 4 is 23.2 Å². The van der Waals surface area contributed by atoms with E-state index < -0.39 is 5.91 Å². The molecule has 4 aromatic rings. The summed E-state index contributed by atoms with van der Waals surface area (Å²) in [5.74, 6) is 0.816. The van der Waals surface area contributed by atoms with E-state index in [1.54, 1.807) is 48.2 Å². The molecule has 1 aromatic heterocycles. The summed E-state index contributed by atoms with van der Waals surface area (Å²) in [6.07, 6.45) is 0. The molecule has 0 bridgehead atoms. The minimum absolute atomic E-state index is 0.0478. The number of carbonyl (C=O) groups is 1. The molecule has 7 heteroatoms. The van der Waals surface area contributed by atoms with Crippen LogP contribution in [-0.2, 0) is 0 Å². The van der Waals surface area contributed by atoms with Gasteiger partial charge in [0.25, 0.3) is 5.91 Å². The maximum absolute atomic E-state index is 12.8. The Balaban J connectivity index is 1.73. The van der Waals surface area contributed by atoms with Crippen LogP contribution in [0.3, 0.4) is 0 Å². The fraction of sp³-hybridized carbons (Fsp3) is 0.0455. The van der Waals surface area contributed by atoms with Crippen LogP contribution in [0.5, 0.6) is 5.75 Å². The molecule has 0 saturated carbocycles. The van der Waals surface area contributed by atoms with Crippen LogP contribution in [0.4, 0.5) is 5.69 Å². The maximum atomic E-state index is 12.8. The Morgan fingerprint density at radius 2 is 1.79 bits per heavy atom. The summed E-state index contributed by atoms with van der Waals surface area (Å²) < 4.78 is 6.81. The van der Waals surface area contributed by atoms with Gasteiger partial charge in [-0.25, -0.2) is 9.67 Å². The first-order valence-electron chi connectivity index (χ1n) is 8.88. The van der Waals surface area contributed by atoms with Gasteiger partial charge in [-0.1, -0.05) is 54.1 Å². The zero-order valence-corrected chi connectivity index (χ0v) is 16.3. The van der Waals surface area contributed by atoms with Gasteiger partial charge in [-0.15, -0.1) is 5.10 Å². The van der Waals surface area contributed by atoms with Gasteiger partial charge in [-0.05, 0) is 30.3 Å². The number of amides is 1. The molecule has 0 spiro atoms. The monoisotopic (exact) mass is 404 g/mol. The van der Waals surface area contributed by atoms with Crippen molar-refractivity contribution in [3.8, 4) is 22.8 Å². The lowest BCUT2D eigenvalue weighted by atomic mass is 10.2. The number of aromatic nitrogens is 3. The largest absolute Gasteiger partial charge is 0.497 e. The first-order valence-corrected chi connectivity index (χ1v) is 9.25. The quantitative estimate of drug-likeness (QED) is 0.516. The van der Waals surface area contributed by atoms with Crippen LogP contribution in [0.1, 0.15) is 10.6 Å². The summed E-state index contributed by atoms with van der Waals surface area (Å²) in [5, 5.41) is 7.81. The van der Waals surface area contributed by atoms with Crippen LogP contribution in [-0.4, -0.2) is 27.8 Å². The highest BCUT2D eigenvalue weighted by Gasteiger charge is 2.19. The van der Waals surface area contributed by atoms with E-state index in [0.29, 0.717) is 28.0 Å². The van der Waals surface area contributed by atoms with Crippen LogP contribution in [0.15, 0.2) is 78.9 Å². The van der Waals surface area contributed by atoms with Gasteiger partial charge in [0.2, 0.25) is 5.82 Å². The topological polar surface area (TPSA) is 69.0 Å². The molecule has 3 aromatic carbocycles. The van der Waals surface area contributed by atoms with Crippen LogP contribution in [0.2, 0.25) is 5.02 Å². The second-order valence-corrected chi connectivity index (χ2v) is 6.64. The number of rotatable bonds is 5. The Morgan fingerprint density at radius 3 is 2.55 bits per heavy atom. The summed E-state index contributed by atoms with van der Waals surface area (Å²) in [6.45, 7) is 0. The van der Waals surface area contributed by atoms with E-state index in [0.717, 1.165) is 5.56 Å². The Hall–Kier alpha value is -3.64. The van der Waals surface area contributed by atoms with Crippen LogP contribution < -0.4 is 10.1 Å². The Bertz CT molecular complexity index is 1160. The predicted octanol–water partition coefficient (Wildman–Crippen LogP) is 4.85. The van der Waals surface area contributed by atoms with Crippen molar-refractivity contribution in [2.45, 2.75) is 0 Å². The number of methoxy groups -OCH3 is 1. The molecule has 29 heavy (non-hydrogen) atoms. The lowest BCUT2D eigenvalue weighted by Crippen LogP contribution is -2.14. The van der Waals surface area contributed by atoms with Crippen LogP contribution in [0, 0.1) is 0 Å². The van der Waals surface area contributed by atoms with Crippen molar-refractivity contribution < 1.29 is 9.53 Å². The smallest absolute Gasteiger partial charge is 0.295 e. The zero-order valence-electron chi connectivity index (χ0n) is 15.5. The van der Waals surface area contributed by atoms with Crippen molar-refractivity contribution in [1.29, 1.82) is 0 Å². The fourth-order valence-corrected chi connectivity index (χ4v) is 3.04. The maximum Gasteiger partial charge on any atom is 0.295 e. The number of benzene rings is 3. The van der Waals surface area contributed by atoms with E-state index in [4.69, 9.17) is 16.3 Å². The molecule has 0 fully saturated rings. The number of carbonyl (C=O) groups excluding carboxylic acids is 1. The minimum Gasteiger partial charge on any atom is -0.497 e. The molecule has 144 valence electrons. The van der Waals surface area contributed by atoms with Gasteiger partial charge in [-0.2, -0.15) is 0 Å². The Kier molecular flexibility index (Phi) is 5.27. The van der Waals surface area contributed by atoms with E-state index in [2.05, 4.69) is 15.4 Å². The van der Waals surface area contributed by atoms with Gasteiger partial charge in [-0.3, -0.25) is 4.79 Å². The fourth-order valence-electron chi connectivity index (χ4n) is 2.86. The van der Waals surface area contributed by atoms with Crippen molar-refractivity contribution in [3.63, 3.8) is 0 Å². The van der Waals surface area contributed by atoms with Crippen molar-refractivity contribution in [2.75, 3.05) is 12.4 Å². The minimum atomic E-state index is -0.420. The lowest BCUT2D eigenvalue weighted by molar-refractivity contribution is 0.101. The molecule has 0 aliphatic carbocycles. The van der Waals surface area contributed by atoms with Gasteiger partial charge in [0.15, 0.2) is 5.82 Å². The molecule has 0 saturated heterocycles.